The predicted octanol–water partition coefficient (Wildman–Crippen LogP) is 1.71. The van der Waals surface area contributed by atoms with E-state index in [9.17, 15) is 0 Å². The predicted molar refractivity (Wildman–Crippen MR) is 75.0 cm³/mol. The van der Waals surface area contributed by atoms with Crippen molar-refractivity contribution in [1.29, 1.82) is 0 Å². The van der Waals surface area contributed by atoms with Crippen molar-refractivity contribution in [3.8, 4) is 11.5 Å². The minimum absolute atomic E-state index is 0.133. The third-order valence-corrected chi connectivity index (χ3v) is 3.52. The first-order chi connectivity index (χ1) is 9.78. The fraction of sp³-hybridized carbons (Fsp3) is 0.429. The molecule has 1 aromatic carbocycles. The zero-order valence-corrected chi connectivity index (χ0v) is 11.5. The van der Waals surface area contributed by atoms with E-state index in [0.717, 1.165) is 25.2 Å². The zero-order chi connectivity index (χ0) is 13.9. The fourth-order valence-corrected chi connectivity index (χ4v) is 2.31. The number of hydrogen-bond donors (Lipinski definition) is 1. The highest BCUT2D eigenvalue weighted by Gasteiger charge is 2.25. The summed E-state index contributed by atoms with van der Waals surface area (Å²) in [5.41, 5.74) is 7.30. The van der Waals surface area contributed by atoms with Gasteiger partial charge in [-0.3, -0.25) is 4.90 Å². The van der Waals surface area contributed by atoms with Gasteiger partial charge in [-0.15, -0.1) is 0 Å². The summed E-state index contributed by atoms with van der Waals surface area (Å²) in [5, 5.41) is 4.03. The Morgan fingerprint density at radius 3 is 3.05 bits per heavy atom. The highest BCUT2D eigenvalue weighted by Crippen LogP contribution is 2.26. The number of benzene rings is 1. The lowest BCUT2D eigenvalue weighted by Crippen LogP contribution is -2.38. The summed E-state index contributed by atoms with van der Waals surface area (Å²) in [6.45, 7) is 5.56. The lowest BCUT2D eigenvalue weighted by atomic mass is 10.2. The molecule has 2 N–H and O–H groups in total. The molecule has 1 atom stereocenters. The molecule has 6 nitrogen and oxygen atoms in total. The van der Waals surface area contributed by atoms with Crippen LogP contribution in [-0.2, 0) is 4.74 Å². The molecule has 2 heterocycles. The summed E-state index contributed by atoms with van der Waals surface area (Å²) in [6.07, 6.45) is -0.133. The van der Waals surface area contributed by atoms with E-state index in [4.69, 9.17) is 15.0 Å². The molecular formula is C14H18N4O2. The molecule has 1 saturated heterocycles. The van der Waals surface area contributed by atoms with Crippen molar-refractivity contribution in [3.63, 3.8) is 0 Å². The van der Waals surface area contributed by atoms with Crippen LogP contribution in [0.2, 0.25) is 0 Å². The summed E-state index contributed by atoms with van der Waals surface area (Å²) < 4.78 is 11.0. The van der Waals surface area contributed by atoms with E-state index in [-0.39, 0.29) is 6.10 Å². The highest BCUT2D eigenvalue weighted by molar-refractivity contribution is 5.69. The maximum atomic E-state index is 5.92. The number of likely N-dealkylation sites (N-methyl/N-ethyl adjacent to an activating group) is 1. The minimum Gasteiger partial charge on any atom is -0.398 e. The molecule has 1 unspecified atom stereocenters. The number of para-hydroxylation sites is 1. The van der Waals surface area contributed by atoms with Crippen LogP contribution in [0.1, 0.15) is 18.9 Å². The molecule has 1 aromatic heterocycles. The second kappa shape index (κ2) is 5.60. The number of anilines is 1. The number of nitrogen functional groups attached to an aromatic ring is 1. The Labute approximate surface area is 117 Å². The number of rotatable bonds is 3. The van der Waals surface area contributed by atoms with Crippen LogP contribution in [0.15, 0.2) is 28.8 Å². The lowest BCUT2D eigenvalue weighted by Gasteiger charge is -2.30. The Bertz CT molecular complexity index is 584. The van der Waals surface area contributed by atoms with E-state index in [1.54, 1.807) is 0 Å². The first-order valence-electron chi connectivity index (χ1n) is 6.80. The first kappa shape index (κ1) is 13.1. The Balaban J connectivity index is 1.82. The van der Waals surface area contributed by atoms with Crippen molar-refractivity contribution in [1.82, 2.24) is 15.0 Å². The second-order valence-electron chi connectivity index (χ2n) is 4.80. The molecule has 0 radical (unpaired) electrons. The SMILES string of the molecule is CCN1CCOC(c2noc(-c3ccccc3N)n2)C1. The second-order valence-corrected chi connectivity index (χ2v) is 4.80. The molecule has 1 fully saturated rings. The van der Waals surface area contributed by atoms with E-state index in [0.29, 0.717) is 24.0 Å². The van der Waals surface area contributed by atoms with Gasteiger partial charge in [0.05, 0.1) is 12.2 Å². The number of nitrogens with zero attached hydrogens (tertiary/aromatic N) is 3. The van der Waals surface area contributed by atoms with Gasteiger partial charge in [0.25, 0.3) is 5.89 Å². The van der Waals surface area contributed by atoms with Crippen molar-refractivity contribution >= 4 is 5.69 Å². The number of nitrogens with two attached hydrogens (primary N) is 1. The van der Waals surface area contributed by atoms with Crippen molar-refractivity contribution < 1.29 is 9.26 Å². The van der Waals surface area contributed by atoms with Gasteiger partial charge in [0.1, 0.15) is 6.10 Å². The van der Waals surface area contributed by atoms with Gasteiger partial charge in [0.15, 0.2) is 0 Å². The van der Waals surface area contributed by atoms with Crippen LogP contribution < -0.4 is 5.73 Å². The average molecular weight is 274 g/mol. The third kappa shape index (κ3) is 2.52. The topological polar surface area (TPSA) is 77.4 Å². The zero-order valence-electron chi connectivity index (χ0n) is 11.5. The van der Waals surface area contributed by atoms with Gasteiger partial charge < -0.3 is 15.0 Å². The van der Waals surface area contributed by atoms with E-state index >= 15 is 0 Å². The number of aromatic nitrogens is 2. The fourth-order valence-electron chi connectivity index (χ4n) is 2.31. The van der Waals surface area contributed by atoms with E-state index in [2.05, 4.69) is 22.0 Å². The minimum atomic E-state index is -0.133. The van der Waals surface area contributed by atoms with Crippen molar-refractivity contribution in [2.75, 3.05) is 32.0 Å². The molecule has 0 saturated carbocycles. The molecule has 106 valence electrons. The van der Waals surface area contributed by atoms with E-state index in [1.807, 2.05) is 24.3 Å². The van der Waals surface area contributed by atoms with Crippen LogP contribution in [0.4, 0.5) is 5.69 Å². The van der Waals surface area contributed by atoms with Gasteiger partial charge in [-0.05, 0) is 18.7 Å². The maximum Gasteiger partial charge on any atom is 0.260 e. The smallest absolute Gasteiger partial charge is 0.260 e. The third-order valence-electron chi connectivity index (χ3n) is 3.52. The van der Waals surface area contributed by atoms with Crippen molar-refractivity contribution in [2.24, 2.45) is 0 Å². The molecule has 1 aliphatic heterocycles. The van der Waals surface area contributed by atoms with Crippen molar-refractivity contribution in [3.05, 3.63) is 30.1 Å². The van der Waals surface area contributed by atoms with Crippen molar-refractivity contribution in [2.45, 2.75) is 13.0 Å². The van der Waals surface area contributed by atoms with Crippen LogP contribution in [0, 0.1) is 0 Å². The molecule has 20 heavy (non-hydrogen) atoms. The quantitative estimate of drug-likeness (QED) is 0.859. The molecule has 0 amide bonds. The number of morpholine rings is 1. The molecular weight excluding hydrogens is 256 g/mol. The first-order valence-corrected chi connectivity index (χ1v) is 6.80. The summed E-state index contributed by atoms with van der Waals surface area (Å²) in [7, 11) is 0. The monoisotopic (exact) mass is 274 g/mol. The van der Waals surface area contributed by atoms with E-state index < -0.39 is 0 Å². The summed E-state index contributed by atoms with van der Waals surface area (Å²) in [4.78, 5) is 6.73. The molecule has 0 bridgehead atoms. The Morgan fingerprint density at radius 2 is 2.25 bits per heavy atom. The van der Waals surface area contributed by atoms with Crippen LogP contribution in [0.25, 0.3) is 11.5 Å². The highest BCUT2D eigenvalue weighted by atomic mass is 16.5. The van der Waals surface area contributed by atoms with Gasteiger partial charge in [-0.2, -0.15) is 4.98 Å². The van der Waals surface area contributed by atoms with Crippen LogP contribution in [-0.4, -0.2) is 41.3 Å². The molecule has 2 aromatic rings. The van der Waals surface area contributed by atoms with Crippen LogP contribution >= 0.6 is 0 Å². The Hall–Kier alpha value is -1.92. The summed E-state index contributed by atoms with van der Waals surface area (Å²) in [6, 6.07) is 7.45. The van der Waals surface area contributed by atoms with Gasteiger partial charge in [-0.25, -0.2) is 0 Å². The standard InChI is InChI=1S/C14H18N4O2/c1-2-18-7-8-19-12(9-18)13-16-14(20-17-13)10-5-3-4-6-11(10)15/h3-6,12H,2,7-9,15H2,1H3. The Morgan fingerprint density at radius 1 is 1.40 bits per heavy atom. The average Bonchev–Trinajstić information content (AvgIpc) is 2.97. The number of hydrogen-bond acceptors (Lipinski definition) is 6. The molecule has 1 aliphatic rings. The molecule has 0 aliphatic carbocycles. The molecule has 0 spiro atoms. The molecule has 3 rings (SSSR count). The summed E-state index contributed by atoms with van der Waals surface area (Å²) in [5.74, 6) is 1.02. The Kier molecular flexibility index (Phi) is 3.66. The summed E-state index contributed by atoms with van der Waals surface area (Å²) >= 11 is 0. The van der Waals surface area contributed by atoms with Gasteiger partial charge in [-0.1, -0.05) is 24.2 Å². The van der Waals surface area contributed by atoms with Gasteiger partial charge in [0, 0.05) is 18.8 Å². The van der Waals surface area contributed by atoms with E-state index in [1.165, 1.54) is 0 Å². The van der Waals surface area contributed by atoms with Crippen LogP contribution in [0.5, 0.6) is 0 Å². The largest absolute Gasteiger partial charge is 0.398 e. The lowest BCUT2D eigenvalue weighted by molar-refractivity contribution is -0.0334. The van der Waals surface area contributed by atoms with Gasteiger partial charge >= 0.3 is 0 Å². The van der Waals surface area contributed by atoms with Crippen LogP contribution in [0.3, 0.4) is 0 Å². The maximum absolute atomic E-state index is 5.92. The normalized spacial score (nSPS) is 20.1. The molecule has 6 heteroatoms. The van der Waals surface area contributed by atoms with Gasteiger partial charge in [0.2, 0.25) is 5.82 Å². The number of ether oxygens (including phenoxy) is 1.